The number of hydrogen-bond donors (Lipinski definition) is 2. The second-order valence-corrected chi connectivity index (χ2v) is 5.98. The minimum absolute atomic E-state index is 0.259. The van der Waals surface area contributed by atoms with Crippen molar-refractivity contribution >= 4 is 11.8 Å². The van der Waals surface area contributed by atoms with Gasteiger partial charge in [-0.2, -0.15) is 0 Å². The number of aliphatic hydroxyl groups excluding tert-OH is 1. The smallest absolute Gasteiger partial charge is 0.256 e. The number of rotatable bonds is 5. The Bertz CT molecular complexity index is 805. The Morgan fingerprint density at radius 3 is 2.64 bits per heavy atom. The molecule has 1 aliphatic heterocycles. The first-order valence-electron chi connectivity index (χ1n) is 8.17. The van der Waals surface area contributed by atoms with Crippen LogP contribution >= 0.6 is 0 Å². The van der Waals surface area contributed by atoms with E-state index in [4.69, 9.17) is 0 Å². The van der Waals surface area contributed by atoms with Crippen molar-refractivity contribution in [2.45, 2.75) is 26.1 Å². The molecule has 2 amide bonds. The maximum absolute atomic E-state index is 12.9. The summed E-state index contributed by atoms with van der Waals surface area (Å²) in [5, 5.41) is 13.0. The van der Waals surface area contributed by atoms with E-state index in [2.05, 4.69) is 5.32 Å². The van der Waals surface area contributed by atoms with Crippen LogP contribution in [-0.4, -0.2) is 28.4 Å². The van der Waals surface area contributed by atoms with Gasteiger partial charge in [0.25, 0.3) is 11.8 Å². The zero-order valence-electron chi connectivity index (χ0n) is 13.8. The third-order valence-corrected chi connectivity index (χ3v) is 4.21. The molecule has 0 saturated heterocycles. The zero-order chi connectivity index (χ0) is 18.0. The number of hydrogen-bond acceptors (Lipinski definition) is 3. The van der Waals surface area contributed by atoms with E-state index in [0.29, 0.717) is 23.2 Å². The van der Waals surface area contributed by atoms with Crippen molar-refractivity contribution in [3.8, 4) is 0 Å². The number of carbonyl (C=O) groups excluding carboxylic acids is 2. The van der Waals surface area contributed by atoms with Crippen molar-refractivity contribution in [1.29, 1.82) is 0 Å². The molecule has 1 heterocycles. The Morgan fingerprint density at radius 1 is 1.24 bits per heavy atom. The Morgan fingerprint density at radius 2 is 1.96 bits per heavy atom. The van der Waals surface area contributed by atoms with Crippen molar-refractivity contribution in [3.63, 3.8) is 0 Å². The van der Waals surface area contributed by atoms with E-state index >= 15 is 0 Å². The summed E-state index contributed by atoms with van der Waals surface area (Å²) >= 11 is 0. The first-order valence-corrected chi connectivity index (χ1v) is 8.17. The molecule has 2 aromatic carbocycles. The van der Waals surface area contributed by atoms with E-state index in [-0.39, 0.29) is 24.2 Å². The van der Waals surface area contributed by atoms with E-state index in [1.54, 1.807) is 24.3 Å². The number of carbonyl (C=O) groups is 2. The summed E-state index contributed by atoms with van der Waals surface area (Å²) in [6, 6.07) is 10.6. The molecule has 3 rings (SSSR count). The van der Waals surface area contributed by atoms with E-state index in [9.17, 15) is 19.1 Å². The zero-order valence-corrected chi connectivity index (χ0v) is 13.8. The predicted molar refractivity (Wildman–Crippen MR) is 90.3 cm³/mol. The van der Waals surface area contributed by atoms with Gasteiger partial charge in [0.05, 0.1) is 0 Å². The fourth-order valence-corrected chi connectivity index (χ4v) is 2.89. The third-order valence-electron chi connectivity index (χ3n) is 4.21. The fraction of sp³-hybridized carbons (Fsp3) is 0.263. The maximum Gasteiger partial charge on any atom is 0.256 e. The number of fused-ring (bicyclic) bond motifs is 1. The van der Waals surface area contributed by atoms with Gasteiger partial charge in [-0.3, -0.25) is 9.59 Å². The van der Waals surface area contributed by atoms with Gasteiger partial charge in [-0.15, -0.1) is 0 Å². The lowest BCUT2D eigenvalue weighted by Crippen LogP contribution is -2.28. The van der Waals surface area contributed by atoms with Crippen molar-refractivity contribution in [2.75, 3.05) is 6.54 Å². The van der Waals surface area contributed by atoms with Gasteiger partial charge >= 0.3 is 0 Å². The molecule has 130 valence electrons. The lowest BCUT2D eigenvalue weighted by Gasteiger charge is -2.19. The summed E-state index contributed by atoms with van der Waals surface area (Å²) < 4.78 is 12.9. The van der Waals surface area contributed by atoms with Crippen LogP contribution in [-0.2, 0) is 6.54 Å². The molecule has 0 saturated carbocycles. The standard InChI is InChI=1S/C19H19FN2O3/c1-2-9-22-18(24)15-8-5-13(10-16(15)19(22)25)17(23)21-11-12-3-6-14(20)7-4-12/h3-8,10,18,24H,2,9,11H2,1H3,(H,21,23). The summed E-state index contributed by atoms with van der Waals surface area (Å²) in [5.41, 5.74) is 2.00. The molecule has 25 heavy (non-hydrogen) atoms. The largest absolute Gasteiger partial charge is 0.369 e. The Balaban J connectivity index is 1.73. The van der Waals surface area contributed by atoms with Crippen molar-refractivity contribution in [1.82, 2.24) is 10.2 Å². The minimum atomic E-state index is -0.959. The molecule has 5 nitrogen and oxygen atoms in total. The van der Waals surface area contributed by atoms with Crippen molar-refractivity contribution < 1.29 is 19.1 Å². The van der Waals surface area contributed by atoms with Crippen LogP contribution in [0.15, 0.2) is 42.5 Å². The van der Waals surface area contributed by atoms with E-state index in [1.165, 1.54) is 23.1 Å². The van der Waals surface area contributed by atoms with Gasteiger partial charge in [0.2, 0.25) is 0 Å². The summed E-state index contributed by atoms with van der Waals surface area (Å²) in [6.07, 6.45) is -0.222. The highest BCUT2D eigenvalue weighted by Crippen LogP contribution is 2.32. The monoisotopic (exact) mass is 342 g/mol. The molecule has 0 bridgehead atoms. The summed E-state index contributed by atoms with van der Waals surface area (Å²) in [4.78, 5) is 26.1. The average Bonchev–Trinajstić information content (AvgIpc) is 2.86. The van der Waals surface area contributed by atoms with E-state index in [0.717, 1.165) is 12.0 Å². The average molecular weight is 342 g/mol. The topological polar surface area (TPSA) is 69.6 Å². The summed E-state index contributed by atoms with van der Waals surface area (Å²) in [7, 11) is 0. The van der Waals surface area contributed by atoms with Crippen LogP contribution in [0, 0.1) is 5.82 Å². The SMILES string of the molecule is CCCN1C(=O)c2cc(C(=O)NCc3ccc(F)cc3)ccc2C1O. The first-order chi connectivity index (χ1) is 12.0. The Hall–Kier alpha value is -2.73. The molecule has 1 unspecified atom stereocenters. The van der Waals surface area contributed by atoms with E-state index < -0.39 is 6.23 Å². The second kappa shape index (κ2) is 7.03. The minimum Gasteiger partial charge on any atom is -0.369 e. The quantitative estimate of drug-likeness (QED) is 0.877. The maximum atomic E-state index is 12.9. The molecule has 0 spiro atoms. The highest BCUT2D eigenvalue weighted by Gasteiger charge is 2.35. The lowest BCUT2D eigenvalue weighted by molar-refractivity contribution is 0.0177. The van der Waals surface area contributed by atoms with E-state index in [1.807, 2.05) is 6.92 Å². The van der Waals surface area contributed by atoms with Crippen molar-refractivity contribution in [3.05, 3.63) is 70.5 Å². The molecular formula is C19H19FN2O3. The van der Waals surface area contributed by atoms with Crippen LogP contribution in [0.4, 0.5) is 4.39 Å². The van der Waals surface area contributed by atoms with Gasteiger partial charge < -0.3 is 15.3 Å². The van der Waals surface area contributed by atoms with Gasteiger partial charge in [0, 0.05) is 29.8 Å². The fourth-order valence-electron chi connectivity index (χ4n) is 2.89. The molecule has 1 aliphatic rings. The molecule has 0 aromatic heterocycles. The predicted octanol–water partition coefficient (Wildman–Crippen LogP) is 2.61. The van der Waals surface area contributed by atoms with Gasteiger partial charge in [-0.25, -0.2) is 4.39 Å². The van der Waals surface area contributed by atoms with Gasteiger partial charge in [0.1, 0.15) is 5.82 Å². The van der Waals surface area contributed by atoms with Crippen LogP contribution in [0.5, 0.6) is 0 Å². The molecule has 6 heteroatoms. The number of aliphatic hydroxyl groups is 1. The van der Waals surface area contributed by atoms with Gasteiger partial charge in [-0.05, 0) is 36.2 Å². The van der Waals surface area contributed by atoms with Crippen molar-refractivity contribution in [2.24, 2.45) is 0 Å². The first kappa shape index (κ1) is 17.1. The third kappa shape index (κ3) is 3.39. The molecular weight excluding hydrogens is 323 g/mol. The number of nitrogens with zero attached hydrogens (tertiary/aromatic N) is 1. The molecule has 2 aromatic rings. The van der Waals surface area contributed by atoms with Gasteiger partial charge in [-0.1, -0.05) is 25.1 Å². The summed E-state index contributed by atoms with van der Waals surface area (Å²) in [6.45, 7) is 2.65. The number of benzene rings is 2. The lowest BCUT2D eigenvalue weighted by atomic mass is 10.0. The highest BCUT2D eigenvalue weighted by atomic mass is 19.1. The van der Waals surface area contributed by atoms with Crippen LogP contribution < -0.4 is 5.32 Å². The number of amides is 2. The molecule has 0 radical (unpaired) electrons. The molecule has 0 fully saturated rings. The highest BCUT2D eigenvalue weighted by molar-refractivity contribution is 6.02. The van der Waals surface area contributed by atoms with Crippen LogP contribution in [0.2, 0.25) is 0 Å². The van der Waals surface area contributed by atoms with Crippen LogP contribution in [0.3, 0.4) is 0 Å². The number of nitrogens with one attached hydrogen (secondary N) is 1. The van der Waals surface area contributed by atoms with Crippen LogP contribution in [0.1, 0.15) is 51.4 Å². The second-order valence-electron chi connectivity index (χ2n) is 5.98. The molecule has 2 N–H and O–H groups in total. The number of halogens is 1. The molecule has 1 atom stereocenters. The Labute approximate surface area is 145 Å². The Kier molecular flexibility index (Phi) is 4.81. The molecule has 0 aliphatic carbocycles. The normalized spacial score (nSPS) is 16.0. The summed E-state index contributed by atoms with van der Waals surface area (Å²) in [5.74, 6) is -0.928. The van der Waals surface area contributed by atoms with Crippen LogP contribution in [0.25, 0.3) is 0 Å². The van der Waals surface area contributed by atoms with Gasteiger partial charge in [0.15, 0.2) is 6.23 Å².